The van der Waals surface area contributed by atoms with E-state index in [0.29, 0.717) is 0 Å². The Balaban J connectivity index is 0. The monoisotopic (exact) mass is 456 g/mol. The molecule has 0 aromatic carbocycles. The molecule has 1 N–H and O–H groups in total. The molecule has 0 amide bonds. The van der Waals surface area contributed by atoms with Crippen molar-refractivity contribution in [1.29, 1.82) is 0.594 Å². The Kier molecular flexibility index (Phi) is 16.6. The number of rotatable bonds is 12. The Labute approximate surface area is 162 Å². The van der Waals surface area contributed by atoms with Crippen LogP contribution in [0, 0.1) is 30.1 Å². The van der Waals surface area contributed by atoms with Gasteiger partial charge in [-0.2, -0.15) is 0 Å². The van der Waals surface area contributed by atoms with Crippen molar-refractivity contribution < 1.29 is 26.9 Å². The molecular weight excluding hydrogens is 414 g/mol. The van der Waals surface area contributed by atoms with Gasteiger partial charge in [-0.05, 0) is 37.5 Å². The molecule has 0 aliphatic heterocycles. The molecule has 0 rings (SSSR count). The zero-order valence-electron chi connectivity index (χ0n) is 17.1. The number of hydrogen-bond donors (Lipinski definition) is 1. The molecule has 0 aliphatic rings. The van der Waals surface area contributed by atoms with Gasteiger partial charge in [-0.3, -0.25) is 0 Å². The van der Waals surface area contributed by atoms with E-state index in [1.807, 2.05) is 0 Å². The zero-order valence-corrected chi connectivity index (χ0v) is 19.4. The van der Waals surface area contributed by atoms with Crippen LogP contribution < -0.4 is 21.8 Å². The SMILES string of the molecule is C#CC(C)(O)CCCC(C)CCCC(C)CCCC(C)C.[2H][I-]P. The van der Waals surface area contributed by atoms with Crippen LogP contribution in [-0.2, 0) is 0 Å². The van der Waals surface area contributed by atoms with Crippen LogP contribution in [0.4, 0.5) is 0 Å². The van der Waals surface area contributed by atoms with Crippen LogP contribution in [0.25, 0.3) is 0 Å². The number of hydrogen-bond acceptors (Lipinski definition) is 1. The molecule has 140 valence electrons. The summed E-state index contributed by atoms with van der Waals surface area (Å²) in [5.41, 5.74) is -0.912. The molecule has 4 atom stereocenters. The van der Waals surface area contributed by atoms with Gasteiger partial charge < -0.3 is 5.11 Å². The van der Waals surface area contributed by atoms with Crippen molar-refractivity contribution in [3.63, 3.8) is 0 Å². The molecule has 23 heavy (non-hydrogen) atoms. The van der Waals surface area contributed by atoms with Gasteiger partial charge >= 0.3 is 29.3 Å². The summed E-state index contributed by atoms with van der Waals surface area (Å²) in [6, 6.07) is 0. The minimum absolute atomic E-state index is 0.243. The van der Waals surface area contributed by atoms with Crippen LogP contribution in [0.15, 0.2) is 0 Å². The number of terminal acetylenes is 1. The zero-order chi connectivity index (χ0) is 19.0. The van der Waals surface area contributed by atoms with Crippen LogP contribution in [0.1, 0.15) is 92.4 Å². The summed E-state index contributed by atoms with van der Waals surface area (Å²) >= 11 is -0.243. The number of halogens is 1. The Morgan fingerprint density at radius 1 is 1.04 bits per heavy atom. The average Bonchev–Trinajstić information content (AvgIpc) is 2.47. The van der Waals surface area contributed by atoms with E-state index in [1.54, 1.807) is 6.92 Å². The van der Waals surface area contributed by atoms with E-state index >= 15 is 0 Å². The first-order valence-electron chi connectivity index (χ1n) is 9.56. The summed E-state index contributed by atoms with van der Waals surface area (Å²) in [5, 5.41) is 9.77. The molecular formula is C20H41IOP-. The third kappa shape index (κ3) is 18.9. The second-order valence-electron chi connectivity index (χ2n) is 7.78. The van der Waals surface area contributed by atoms with E-state index in [4.69, 9.17) is 7.02 Å². The van der Waals surface area contributed by atoms with Crippen LogP contribution in [0.5, 0.6) is 0 Å². The fourth-order valence-electron chi connectivity index (χ4n) is 2.84. The normalized spacial score (nSPS) is 16.7. The Hall–Kier alpha value is 0.680. The fourth-order valence-corrected chi connectivity index (χ4v) is 2.84. The second-order valence-corrected chi connectivity index (χ2v) is 7.78. The molecule has 0 fully saturated rings. The first-order chi connectivity index (χ1) is 11.2. The molecule has 0 aromatic rings. The van der Waals surface area contributed by atoms with Crippen molar-refractivity contribution in [2.24, 2.45) is 17.8 Å². The molecule has 4 unspecified atom stereocenters. The summed E-state index contributed by atoms with van der Waals surface area (Å²) < 4.78 is 6.28. The van der Waals surface area contributed by atoms with Gasteiger partial charge in [0.25, 0.3) is 0 Å². The van der Waals surface area contributed by atoms with Gasteiger partial charge in [0.15, 0.2) is 0 Å². The summed E-state index contributed by atoms with van der Waals surface area (Å²) in [6.45, 7) is 13.4. The van der Waals surface area contributed by atoms with E-state index < -0.39 is 5.60 Å². The van der Waals surface area contributed by atoms with Crippen LogP contribution >= 0.6 is 6.88 Å². The molecule has 3 heteroatoms. The maximum absolute atomic E-state index is 9.77. The first-order valence-corrected chi connectivity index (χ1v) is 13.4. The van der Waals surface area contributed by atoms with Gasteiger partial charge in [-0.25, -0.2) is 0 Å². The fraction of sp³-hybridized carbons (Fsp3) is 0.900. The van der Waals surface area contributed by atoms with Gasteiger partial charge in [0.1, 0.15) is 5.60 Å². The van der Waals surface area contributed by atoms with E-state index in [-0.39, 0.29) is 21.8 Å². The van der Waals surface area contributed by atoms with Crippen molar-refractivity contribution in [1.82, 2.24) is 0 Å². The summed E-state index contributed by atoms with van der Waals surface area (Å²) in [6.07, 6.45) is 16.4. The maximum atomic E-state index is 9.77. The third-order valence-corrected chi connectivity index (χ3v) is 4.54. The van der Waals surface area contributed by atoms with Gasteiger partial charge in [0.05, 0.1) is 0 Å². The van der Waals surface area contributed by atoms with Gasteiger partial charge in [0.2, 0.25) is 0 Å². The van der Waals surface area contributed by atoms with E-state index in [1.165, 1.54) is 44.9 Å². The van der Waals surface area contributed by atoms with Crippen LogP contribution in [0.3, 0.4) is 0 Å². The third-order valence-electron chi connectivity index (χ3n) is 4.54. The molecule has 0 aromatic heterocycles. The van der Waals surface area contributed by atoms with E-state index in [2.05, 4.69) is 40.5 Å². The topological polar surface area (TPSA) is 20.2 Å². The van der Waals surface area contributed by atoms with Gasteiger partial charge in [-0.1, -0.05) is 78.6 Å². The van der Waals surface area contributed by atoms with Gasteiger partial charge in [-0.15, -0.1) is 6.42 Å². The molecule has 0 saturated carbocycles. The van der Waals surface area contributed by atoms with Crippen molar-refractivity contribution in [2.75, 3.05) is 0 Å². The van der Waals surface area contributed by atoms with Crippen molar-refractivity contribution in [3.05, 3.63) is 0 Å². The molecule has 0 bridgehead atoms. The molecule has 0 saturated heterocycles. The van der Waals surface area contributed by atoms with Crippen molar-refractivity contribution in [3.8, 4) is 12.3 Å². The molecule has 0 radical (unpaired) electrons. The molecule has 1 nitrogen and oxygen atoms in total. The summed E-state index contributed by atoms with van der Waals surface area (Å²) in [7, 11) is 0. The van der Waals surface area contributed by atoms with E-state index in [9.17, 15) is 5.11 Å². The quantitative estimate of drug-likeness (QED) is 0.272. The average molecular weight is 456 g/mol. The molecule has 0 aliphatic carbocycles. The summed E-state index contributed by atoms with van der Waals surface area (Å²) in [4.78, 5) is 0. The Bertz CT molecular complexity index is 315. The molecule has 0 spiro atoms. The van der Waals surface area contributed by atoms with E-state index in [0.717, 1.165) is 30.6 Å². The van der Waals surface area contributed by atoms with Crippen LogP contribution in [0.2, 0.25) is 0 Å². The first kappa shape index (κ1) is 23.7. The van der Waals surface area contributed by atoms with Gasteiger partial charge in [0, 0.05) is 0 Å². The Morgan fingerprint density at radius 2 is 1.43 bits per heavy atom. The molecule has 0 heterocycles. The minimum atomic E-state index is -0.912. The predicted octanol–water partition coefficient (Wildman–Crippen LogP) is 2.87. The van der Waals surface area contributed by atoms with Crippen LogP contribution in [-0.4, -0.2) is 11.3 Å². The Morgan fingerprint density at radius 3 is 1.83 bits per heavy atom. The van der Waals surface area contributed by atoms with Crippen molar-refractivity contribution in [2.45, 2.75) is 98.0 Å². The number of aliphatic hydroxyl groups is 1. The second kappa shape index (κ2) is 16.2. The summed E-state index contributed by atoms with van der Waals surface area (Å²) in [5.74, 6) is 4.93. The predicted molar refractivity (Wildman–Crippen MR) is 105 cm³/mol. The standard InChI is InChI=1S/C20H38O.H3IP/c1-7-20(6,21)16-10-15-19(5)14-9-13-18(4)12-8-11-17(2)3;1-2/h1,17-19,21H,8-16H2,2-6H3;1H,2H2/q;-1/i;1D. The van der Waals surface area contributed by atoms with Crippen molar-refractivity contribution >= 4 is 6.88 Å².